The molecule has 3 N–H and O–H groups in total. The molecule has 0 aliphatic heterocycles. The fourth-order valence-electron chi connectivity index (χ4n) is 1.73. The second-order valence-electron chi connectivity index (χ2n) is 3.76. The summed E-state index contributed by atoms with van der Waals surface area (Å²) in [5.41, 5.74) is 12.5. The van der Waals surface area contributed by atoms with Gasteiger partial charge in [-0.3, -0.25) is 5.43 Å². The SMILES string of the molecule is CCN(Cc1c(C)nc2nonc2c1N)NC. The highest BCUT2D eigenvalue weighted by Crippen LogP contribution is 2.23. The van der Waals surface area contributed by atoms with Crippen LogP contribution in [-0.4, -0.2) is 33.9 Å². The predicted octanol–water partition coefficient (Wildman–Crippen LogP) is 0.465. The van der Waals surface area contributed by atoms with Crippen LogP contribution in [0, 0.1) is 6.92 Å². The standard InChI is InChI=1S/C10H16N6O/c1-4-16(12-3)5-7-6(2)13-10-9(8(7)11)14-17-15-10/h12H,4-5,11H2,1-3H3. The normalized spacial score (nSPS) is 11.5. The molecule has 0 bridgehead atoms. The molecule has 2 rings (SSSR count). The Morgan fingerprint density at radius 3 is 2.82 bits per heavy atom. The molecule has 0 radical (unpaired) electrons. The van der Waals surface area contributed by atoms with Crippen molar-refractivity contribution in [3.63, 3.8) is 0 Å². The zero-order valence-electron chi connectivity index (χ0n) is 10.2. The lowest BCUT2D eigenvalue weighted by Gasteiger charge is -2.20. The van der Waals surface area contributed by atoms with E-state index >= 15 is 0 Å². The number of nitrogens with two attached hydrogens (primary N) is 1. The highest BCUT2D eigenvalue weighted by atomic mass is 16.6. The van der Waals surface area contributed by atoms with E-state index in [2.05, 4.69) is 32.3 Å². The third-order valence-corrected chi connectivity index (χ3v) is 2.81. The molecule has 2 aromatic rings. The molecule has 0 aliphatic carbocycles. The van der Waals surface area contributed by atoms with E-state index in [0.29, 0.717) is 23.4 Å². The van der Waals surface area contributed by atoms with Crippen molar-refractivity contribution < 1.29 is 4.63 Å². The van der Waals surface area contributed by atoms with E-state index in [1.54, 1.807) is 0 Å². The number of pyridine rings is 1. The van der Waals surface area contributed by atoms with Gasteiger partial charge in [-0.15, -0.1) is 0 Å². The van der Waals surface area contributed by atoms with Gasteiger partial charge in [0.1, 0.15) is 0 Å². The summed E-state index contributed by atoms with van der Waals surface area (Å²) in [6, 6.07) is 0. The number of aryl methyl sites for hydroxylation is 1. The Labute approximate surface area is 98.9 Å². The Balaban J connectivity index is 2.45. The van der Waals surface area contributed by atoms with Gasteiger partial charge in [-0.25, -0.2) is 14.6 Å². The van der Waals surface area contributed by atoms with Crippen LogP contribution in [0.4, 0.5) is 5.69 Å². The van der Waals surface area contributed by atoms with Crippen molar-refractivity contribution in [3.8, 4) is 0 Å². The van der Waals surface area contributed by atoms with Crippen molar-refractivity contribution in [3.05, 3.63) is 11.3 Å². The molecule has 2 heterocycles. The number of hydrazine groups is 1. The maximum atomic E-state index is 6.07. The molecular formula is C10H16N6O. The Bertz CT molecular complexity index is 519. The lowest BCUT2D eigenvalue weighted by atomic mass is 10.1. The molecule has 0 unspecified atom stereocenters. The molecule has 0 atom stereocenters. The van der Waals surface area contributed by atoms with Gasteiger partial charge in [0.05, 0.1) is 5.69 Å². The summed E-state index contributed by atoms with van der Waals surface area (Å²) in [5.74, 6) is 0. The molecule has 0 saturated heterocycles. The quantitative estimate of drug-likeness (QED) is 0.745. The lowest BCUT2D eigenvalue weighted by molar-refractivity contribution is 0.210. The summed E-state index contributed by atoms with van der Waals surface area (Å²) >= 11 is 0. The molecule has 7 nitrogen and oxygen atoms in total. The van der Waals surface area contributed by atoms with Crippen LogP contribution in [0.1, 0.15) is 18.2 Å². The largest absolute Gasteiger partial charge is 0.396 e. The first kappa shape index (κ1) is 11.7. The highest BCUT2D eigenvalue weighted by molar-refractivity contribution is 5.85. The molecule has 2 aromatic heterocycles. The first-order chi connectivity index (χ1) is 8.17. The van der Waals surface area contributed by atoms with Crippen molar-refractivity contribution in [2.45, 2.75) is 20.4 Å². The van der Waals surface area contributed by atoms with Gasteiger partial charge in [0.25, 0.3) is 0 Å². The van der Waals surface area contributed by atoms with E-state index in [0.717, 1.165) is 17.8 Å². The van der Waals surface area contributed by atoms with Gasteiger partial charge in [0.15, 0.2) is 5.52 Å². The van der Waals surface area contributed by atoms with Crippen LogP contribution in [-0.2, 0) is 6.54 Å². The van der Waals surface area contributed by atoms with Crippen LogP contribution in [0.15, 0.2) is 4.63 Å². The van der Waals surface area contributed by atoms with Gasteiger partial charge in [0, 0.05) is 24.3 Å². The molecule has 0 spiro atoms. The van der Waals surface area contributed by atoms with Crippen LogP contribution in [0.3, 0.4) is 0 Å². The van der Waals surface area contributed by atoms with Crippen LogP contribution in [0.2, 0.25) is 0 Å². The van der Waals surface area contributed by atoms with E-state index in [-0.39, 0.29) is 0 Å². The molecule has 7 heteroatoms. The zero-order chi connectivity index (χ0) is 12.4. The summed E-state index contributed by atoms with van der Waals surface area (Å²) in [4.78, 5) is 4.32. The topological polar surface area (TPSA) is 93.1 Å². The summed E-state index contributed by atoms with van der Waals surface area (Å²) in [6.45, 7) is 5.50. The average Bonchev–Trinajstić information content (AvgIpc) is 2.77. The van der Waals surface area contributed by atoms with Crippen molar-refractivity contribution in [2.24, 2.45) is 0 Å². The first-order valence-corrected chi connectivity index (χ1v) is 5.46. The Morgan fingerprint density at radius 1 is 1.41 bits per heavy atom. The van der Waals surface area contributed by atoms with Gasteiger partial charge in [-0.1, -0.05) is 6.92 Å². The van der Waals surface area contributed by atoms with Crippen LogP contribution in [0.25, 0.3) is 11.2 Å². The van der Waals surface area contributed by atoms with E-state index in [1.165, 1.54) is 0 Å². The molecule has 17 heavy (non-hydrogen) atoms. The van der Waals surface area contributed by atoms with Crippen LogP contribution < -0.4 is 11.2 Å². The second-order valence-corrected chi connectivity index (χ2v) is 3.76. The number of rotatable bonds is 4. The molecular weight excluding hydrogens is 220 g/mol. The Kier molecular flexibility index (Phi) is 3.21. The van der Waals surface area contributed by atoms with Crippen molar-refractivity contribution in [2.75, 3.05) is 19.3 Å². The van der Waals surface area contributed by atoms with Gasteiger partial charge in [0.2, 0.25) is 5.65 Å². The minimum atomic E-state index is 0.455. The Morgan fingerprint density at radius 2 is 2.18 bits per heavy atom. The molecule has 0 aliphatic rings. The van der Waals surface area contributed by atoms with Gasteiger partial charge in [-0.05, 0) is 24.3 Å². The minimum absolute atomic E-state index is 0.455. The van der Waals surface area contributed by atoms with Crippen molar-refractivity contribution in [1.82, 2.24) is 25.7 Å². The number of fused-ring (bicyclic) bond motifs is 1. The van der Waals surface area contributed by atoms with Gasteiger partial charge < -0.3 is 5.73 Å². The van der Waals surface area contributed by atoms with Gasteiger partial charge in [-0.2, -0.15) is 0 Å². The third kappa shape index (κ3) is 2.06. The maximum absolute atomic E-state index is 6.07. The summed E-state index contributed by atoms with van der Waals surface area (Å²) in [5, 5.41) is 9.49. The Hall–Kier alpha value is -1.73. The van der Waals surface area contributed by atoms with Crippen molar-refractivity contribution >= 4 is 16.9 Å². The minimum Gasteiger partial charge on any atom is -0.396 e. The second kappa shape index (κ2) is 4.64. The molecule has 92 valence electrons. The van der Waals surface area contributed by atoms with Gasteiger partial charge >= 0.3 is 0 Å². The number of nitrogens with one attached hydrogen (secondary N) is 1. The highest BCUT2D eigenvalue weighted by Gasteiger charge is 2.15. The first-order valence-electron chi connectivity index (χ1n) is 5.46. The number of hydrogen-bond donors (Lipinski definition) is 2. The predicted molar refractivity (Wildman–Crippen MR) is 63.9 cm³/mol. The smallest absolute Gasteiger partial charge is 0.226 e. The fourth-order valence-corrected chi connectivity index (χ4v) is 1.73. The van der Waals surface area contributed by atoms with E-state index < -0.39 is 0 Å². The molecule has 0 saturated carbocycles. The fraction of sp³-hybridized carbons (Fsp3) is 0.500. The number of nitrogen functional groups attached to an aromatic ring is 1. The average molecular weight is 236 g/mol. The van der Waals surface area contributed by atoms with Crippen LogP contribution in [0.5, 0.6) is 0 Å². The lowest BCUT2D eigenvalue weighted by Crippen LogP contribution is -2.34. The number of nitrogens with zero attached hydrogens (tertiary/aromatic N) is 4. The third-order valence-electron chi connectivity index (χ3n) is 2.81. The number of hydrogen-bond acceptors (Lipinski definition) is 7. The summed E-state index contributed by atoms with van der Waals surface area (Å²) < 4.78 is 4.64. The maximum Gasteiger partial charge on any atom is 0.226 e. The molecule has 0 aromatic carbocycles. The number of aromatic nitrogens is 3. The zero-order valence-corrected chi connectivity index (χ0v) is 10.2. The number of anilines is 1. The van der Waals surface area contributed by atoms with E-state index in [4.69, 9.17) is 5.73 Å². The van der Waals surface area contributed by atoms with Crippen molar-refractivity contribution in [1.29, 1.82) is 0 Å². The van der Waals surface area contributed by atoms with E-state index in [9.17, 15) is 0 Å². The summed E-state index contributed by atoms with van der Waals surface area (Å²) in [7, 11) is 1.87. The van der Waals surface area contributed by atoms with E-state index in [1.807, 2.05) is 19.0 Å². The molecule has 0 fully saturated rings. The summed E-state index contributed by atoms with van der Waals surface area (Å²) in [6.07, 6.45) is 0. The molecule has 0 amide bonds. The van der Waals surface area contributed by atoms with Crippen LogP contribution >= 0.6 is 0 Å². The monoisotopic (exact) mass is 236 g/mol.